The summed E-state index contributed by atoms with van der Waals surface area (Å²) in [5.41, 5.74) is 1.13. The molecule has 0 saturated carbocycles. The molecule has 0 bridgehead atoms. The van der Waals surface area contributed by atoms with Crippen molar-refractivity contribution < 1.29 is 19.4 Å². The average Bonchev–Trinajstić information content (AvgIpc) is 2.79. The molecule has 1 aliphatic heterocycles. The third kappa shape index (κ3) is 3.52. The number of carbonyl (C=O) groups is 2. The first-order chi connectivity index (χ1) is 9.81. The number of aromatic amines is 1. The van der Waals surface area contributed by atoms with Gasteiger partial charge in [-0.3, -0.25) is 9.89 Å². The molecule has 1 aromatic heterocycles. The summed E-state index contributed by atoms with van der Waals surface area (Å²) in [5.74, 6) is -0.471. The Balaban J connectivity index is 2.14. The zero-order valence-corrected chi connectivity index (χ0v) is 12.4. The van der Waals surface area contributed by atoms with E-state index in [0.29, 0.717) is 18.5 Å². The number of nitrogens with one attached hydrogen (secondary N) is 2. The molecule has 2 heterocycles. The normalized spacial score (nSPS) is 14.6. The fraction of sp³-hybridized carbons (Fsp3) is 0.615. The van der Waals surface area contributed by atoms with Crippen molar-refractivity contribution in [1.29, 1.82) is 0 Å². The van der Waals surface area contributed by atoms with Crippen LogP contribution in [-0.4, -0.2) is 51.1 Å². The lowest BCUT2D eigenvalue weighted by Gasteiger charge is -2.30. The minimum absolute atomic E-state index is 0.201. The molecule has 2 rings (SSSR count). The van der Waals surface area contributed by atoms with Gasteiger partial charge in [-0.2, -0.15) is 5.10 Å². The topological polar surface area (TPSA) is 108 Å². The van der Waals surface area contributed by atoms with Gasteiger partial charge in [-0.05, 0) is 20.8 Å². The van der Waals surface area contributed by atoms with E-state index in [1.54, 1.807) is 25.7 Å². The largest absolute Gasteiger partial charge is 0.444 e. The maximum atomic E-state index is 12.1. The predicted molar refractivity (Wildman–Crippen MR) is 73.5 cm³/mol. The number of ether oxygens (including phenoxy) is 1. The standard InChI is InChI=1S/C13H20N4O4/c1-13(2,3)21-12(20)17-5-4-9-8(6-17)10(16-15-9)11(19)14-7-18/h18H,4-7H2,1-3H3,(H,14,19)(H,15,16). The Kier molecular flexibility index (Phi) is 4.17. The Morgan fingerprint density at radius 2 is 2.19 bits per heavy atom. The molecule has 0 fully saturated rings. The molecule has 1 aliphatic rings. The van der Waals surface area contributed by atoms with Crippen molar-refractivity contribution in [2.45, 2.75) is 39.3 Å². The zero-order chi connectivity index (χ0) is 15.6. The van der Waals surface area contributed by atoms with Gasteiger partial charge < -0.3 is 20.1 Å². The molecule has 0 unspecified atom stereocenters. The molecular formula is C13H20N4O4. The summed E-state index contributed by atoms with van der Waals surface area (Å²) in [5, 5.41) is 17.8. The minimum Gasteiger partial charge on any atom is -0.444 e. The molecule has 116 valence electrons. The lowest BCUT2D eigenvalue weighted by molar-refractivity contribution is 0.0222. The molecule has 0 radical (unpaired) electrons. The highest BCUT2D eigenvalue weighted by Crippen LogP contribution is 2.22. The Hall–Kier alpha value is -2.09. The molecule has 21 heavy (non-hydrogen) atoms. The summed E-state index contributed by atoms with van der Waals surface area (Å²) in [6.45, 7) is 5.71. The first-order valence-corrected chi connectivity index (χ1v) is 6.75. The van der Waals surface area contributed by atoms with E-state index in [2.05, 4.69) is 15.5 Å². The molecule has 0 spiro atoms. The van der Waals surface area contributed by atoms with Gasteiger partial charge in [0.1, 0.15) is 12.3 Å². The Morgan fingerprint density at radius 3 is 2.81 bits per heavy atom. The number of rotatable bonds is 2. The number of aromatic nitrogens is 2. The number of aliphatic hydroxyl groups is 1. The fourth-order valence-electron chi connectivity index (χ4n) is 2.12. The van der Waals surface area contributed by atoms with Crippen molar-refractivity contribution in [3.05, 3.63) is 17.0 Å². The first kappa shape index (κ1) is 15.3. The van der Waals surface area contributed by atoms with Crippen molar-refractivity contribution in [3.8, 4) is 0 Å². The lowest BCUT2D eigenvalue weighted by Crippen LogP contribution is -2.40. The Morgan fingerprint density at radius 1 is 1.48 bits per heavy atom. The lowest BCUT2D eigenvalue weighted by atomic mass is 10.1. The second kappa shape index (κ2) is 5.72. The minimum atomic E-state index is -0.565. The van der Waals surface area contributed by atoms with Crippen LogP contribution in [0.25, 0.3) is 0 Å². The van der Waals surface area contributed by atoms with Crippen LogP contribution < -0.4 is 5.32 Å². The van der Waals surface area contributed by atoms with Crippen LogP contribution in [0.3, 0.4) is 0 Å². The monoisotopic (exact) mass is 296 g/mol. The van der Waals surface area contributed by atoms with E-state index in [4.69, 9.17) is 9.84 Å². The van der Waals surface area contributed by atoms with Gasteiger partial charge in [0.15, 0.2) is 5.69 Å². The van der Waals surface area contributed by atoms with Crippen molar-refractivity contribution in [3.63, 3.8) is 0 Å². The van der Waals surface area contributed by atoms with E-state index in [0.717, 1.165) is 5.69 Å². The van der Waals surface area contributed by atoms with Gasteiger partial charge in [-0.1, -0.05) is 0 Å². The summed E-state index contributed by atoms with van der Waals surface area (Å²) < 4.78 is 5.33. The number of H-pyrrole nitrogens is 1. The molecular weight excluding hydrogens is 276 g/mol. The van der Waals surface area contributed by atoms with Crippen LogP contribution in [-0.2, 0) is 17.7 Å². The van der Waals surface area contributed by atoms with Gasteiger partial charge in [0.2, 0.25) is 0 Å². The van der Waals surface area contributed by atoms with Crippen LogP contribution in [0.2, 0.25) is 0 Å². The van der Waals surface area contributed by atoms with Gasteiger partial charge in [0.05, 0.1) is 6.54 Å². The number of fused-ring (bicyclic) bond motifs is 1. The predicted octanol–water partition coefficient (Wildman–Crippen LogP) is 0.383. The highest BCUT2D eigenvalue weighted by atomic mass is 16.6. The van der Waals surface area contributed by atoms with Crippen LogP contribution >= 0.6 is 0 Å². The van der Waals surface area contributed by atoms with Gasteiger partial charge in [0.25, 0.3) is 5.91 Å². The molecule has 1 aromatic rings. The second-order valence-corrected chi connectivity index (χ2v) is 5.85. The average molecular weight is 296 g/mol. The van der Waals surface area contributed by atoms with Gasteiger partial charge >= 0.3 is 6.09 Å². The van der Waals surface area contributed by atoms with Gasteiger partial charge in [0, 0.05) is 24.2 Å². The van der Waals surface area contributed by atoms with Crippen LogP contribution in [0.15, 0.2) is 0 Å². The van der Waals surface area contributed by atoms with E-state index in [1.165, 1.54) is 0 Å². The smallest absolute Gasteiger partial charge is 0.410 e. The van der Waals surface area contributed by atoms with Gasteiger partial charge in [-0.15, -0.1) is 0 Å². The van der Waals surface area contributed by atoms with Crippen LogP contribution in [0, 0.1) is 0 Å². The number of carbonyl (C=O) groups excluding carboxylic acids is 2. The molecule has 0 saturated heterocycles. The van der Waals surface area contributed by atoms with Gasteiger partial charge in [-0.25, -0.2) is 4.79 Å². The molecule has 8 nitrogen and oxygen atoms in total. The van der Waals surface area contributed by atoms with Crippen LogP contribution in [0.5, 0.6) is 0 Å². The Labute approximate surface area is 122 Å². The van der Waals surface area contributed by atoms with E-state index in [1.807, 2.05) is 0 Å². The van der Waals surface area contributed by atoms with E-state index < -0.39 is 24.3 Å². The van der Waals surface area contributed by atoms with Crippen LogP contribution in [0.4, 0.5) is 4.79 Å². The van der Waals surface area contributed by atoms with E-state index in [9.17, 15) is 9.59 Å². The fourth-order valence-corrected chi connectivity index (χ4v) is 2.12. The first-order valence-electron chi connectivity index (χ1n) is 6.75. The van der Waals surface area contributed by atoms with Crippen molar-refractivity contribution >= 4 is 12.0 Å². The van der Waals surface area contributed by atoms with E-state index in [-0.39, 0.29) is 12.2 Å². The third-order valence-electron chi connectivity index (χ3n) is 3.04. The molecule has 0 atom stereocenters. The van der Waals surface area contributed by atoms with Crippen molar-refractivity contribution in [2.24, 2.45) is 0 Å². The maximum Gasteiger partial charge on any atom is 0.410 e. The summed E-state index contributed by atoms with van der Waals surface area (Å²) in [7, 11) is 0. The quantitative estimate of drug-likeness (QED) is 0.684. The number of hydrogen-bond donors (Lipinski definition) is 3. The second-order valence-electron chi connectivity index (χ2n) is 5.85. The number of nitrogens with zero attached hydrogens (tertiary/aromatic N) is 2. The summed E-state index contributed by atoms with van der Waals surface area (Å²) in [6.07, 6.45) is 0.163. The zero-order valence-electron chi connectivity index (χ0n) is 12.4. The molecule has 0 aliphatic carbocycles. The summed E-state index contributed by atoms with van der Waals surface area (Å²) >= 11 is 0. The molecule has 8 heteroatoms. The SMILES string of the molecule is CC(C)(C)OC(=O)N1CCc2[nH]nc(C(=O)NCO)c2C1. The summed E-state index contributed by atoms with van der Waals surface area (Å²) in [6, 6.07) is 0. The molecule has 3 N–H and O–H groups in total. The molecule has 0 aromatic carbocycles. The van der Waals surface area contributed by atoms with E-state index >= 15 is 0 Å². The Bertz CT molecular complexity index is 547. The van der Waals surface area contributed by atoms with Crippen molar-refractivity contribution in [2.75, 3.05) is 13.3 Å². The number of hydrogen-bond acceptors (Lipinski definition) is 5. The van der Waals surface area contributed by atoms with Crippen molar-refractivity contribution in [1.82, 2.24) is 20.4 Å². The highest BCUT2D eigenvalue weighted by Gasteiger charge is 2.30. The maximum absolute atomic E-state index is 12.1. The molecule has 2 amide bonds. The highest BCUT2D eigenvalue weighted by molar-refractivity contribution is 5.94. The third-order valence-corrected chi connectivity index (χ3v) is 3.04. The number of aliphatic hydroxyl groups excluding tert-OH is 1. The van der Waals surface area contributed by atoms with Crippen LogP contribution in [0.1, 0.15) is 42.5 Å². The number of amides is 2. The summed E-state index contributed by atoms with van der Waals surface area (Å²) in [4.78, 5) is 25.4.